The normalized spacial score (nSPS) is 24.8. The van der Waals surface area contributed by atoms with E-state index >= 15 is 0 Å². The molecule has 0 saturated carbocycles. The average Bonchev–Trinajstić information content (AvgIpc) is 2.74. The van der Waals surface area contributed by atoms with Crippen LogP contribution in [0.1, 0.15) is 35.2 Å². The first-order chi connectivity index (χ1) is 11.5. The van der Waals surface area contributed by atoms with Crippen LogP contribution in [0.5, 0.6) is 0 Å². The summed E-state index contributed by atoms with van der Waals surface area (Å²) in [4.78, 5) is 27.2. The van der Waals surface area contributed by atoms with Crippen LogP contribution in [-0.4, -0.2) is 61.3 Å². The molecule has 6 heteroatoms. The number of hydrogen-bond donors (Lipinski definition) is 0. The fourth-order valence-electron chi connectivity index (χ4n) is 3.56. The summed E-state index contributed by atoms with van der Waals surface area (Å²) in [7, 11) is 3.18. The third-order valence-corrected chi connectivity index (χ3v) is 4.91. The fraction of sp³-hybridized carbons (Fsp3) is 0.556. The Kier molecular flexibility index (Phi) is 4.76. The Bertz CT molecular complexity index is 616. The van der Waals surface area contributed by atoms with Crippen LogP contribution in [0, 0.1) is 0 Å². The summed E-state index contributed by atoms with van der Waals surface area (Å²) >= 11 is 0. The Morgan fingerprint density at radius 3 is 2.62 bits per heavy atom. The molecule has 0 bridgehead atoms. The molecular weight excluding hydrogens is 308 g/mol. The highest BCUT2D eigenvalue weighted by molar-refractivity contribution is 5.89. The number of benzene rings is 1. The third-order valence-electron chi connectivity index (χ3n) is 4.91. The van der Waals surface area contributed by atoms with Crippen LogP contribution in [0.15, 0.2) is 24.3 Å². The molecular formula is C18H24N2O4. The summed E-state index contributed by atoms with van der Waals surface area (Å²) < 4.78 is 10.4. The van der Waals surface area contributed by atoms with Gasteiger partial charge in [0.25, 0.3) is 0 Å². The predicted molar refractivity (Wildman–Crippen MR) is 88.8 cm³/mol. The molecule has 1 spiro atoms. The number of rotatable bonds is 3. The molecule has 2 aliphatic rings. The fourth-order valence-corrected chi connectivity index (χ4v) is 3.56. The zero-order valence-corrected chi connectivity index (χ0v) is 14.3. The van der Waals surface area contributed by atoms with Gasteiger partial charge >= 0.3 is 12.1 Å². The average molecular weight is 332 g/mol. The molecule has 0 aromatic heterocycles. The largest absolute Gasteiger partial charge is 0.465 e. The van der Waals surface area contributed by atoms with Crippen molar-refractivity contribution in [1.82, 2.24) is 9.80 Å². The summed E-state index contributed by atoms with van der Waals surface area (Å²) in [5.41, 5.74) is 1.42. The number of methoxy groups -OCH3 is 1. The number of hydrogen-bond acceptors (Lipinski definition) is 5. The van der Waals surface area contributed by atoms with Gasteiger partial charge in [0.1, 0.15) is 5.60 Å². The number of nitrogens with zero attached hydrogens (tertiary/aromatic N) is 2. The molecule has 2 fully saturated rings. The summed E-state index contributed by atoms with van der Waals surface area (Å²) in [5.74, 6) is -0.314. The number of likely N-dealkylation sites (N-methyl/N-ethyl adjacent to an activating group) is 1. The van der Waals surface area contributed by atoms with Crippen LogP contribution in [0.25, 0.3) is 0 Å². The maximum atomic E-state index is 11.7. The molecule has 2 aliphatic heterocycles. The van der Waals surface area contributed by atoms with E-state index in [1.807, 2.05) is 12.1 Å². The van der Waals surface area contributed by atoms with E-state index < -0.39 is 0 Å². The van der Waals surface area contributed by atoms with Gasteiger partial charge in [-0.05, 0) is 37.1 Å². The minimum absolute atomic E-state index is 0.207. The van der Waals surface area contributed by atoms with E-state index in [0.29, 0.717) is 12.1 Å². The van der Waals surface area contributed by atoms with Gasteiger partial charge in [-0.3, -0.25) is 4.90 Å². The van der Waals surface area contributed by atoms with E-state index in [2.05, 4.69) is 4.90 Å². The van der Waals surface area contributed by atoms with Crippen LogP contribution in [0.3, 0.4) is 0 Å². The molecule has 2 saturated heterocycles. The minimum Gasteiger partial charge on any atom is -0.465 e. The van der Waals surface area contributed by atoms with Gasteiger partial charge in [-0.15, -0.1) is 0 Å². The van der Waals surface area contributed by atoms with Crippen LogP contribution in [-0.2, 0) is 16.0 Å². The lowest BCUT2D eigenvalue weighted by atomic mass is 9.95. The quantitative estimate of drug-likeness (QED) is 0.795. The van der Waals surface area contributed by atoms with Crippen LogP contribution >= 0.6 is 0 Å². The molecule has 0 N–H and O–H groups in total. The highest BCUT2D eigenvalue weighted by Gasteiger charge is 2.44. The molecule has 1 amide bonds. The highest BCUT2D eigenvalue weighted by Crippen LogP contribution is 2.32. The Morgan fingerprint density at radius 1 is 1.25 bits per heavy atom. The van der Waals surface area contributed by atoms with Crippen molar-refractivity contribution >= 4 is 12.1 Å². The summed E-state index contributed by atoms with van der Waals surface area (Å²) in [6.45, 7) is 3.41. The standard InChI is InChI=1S/C18H24N2O4/c1-19-13-18(24-17(19)22)8-3-10-20(11-9-18)12-14-4-6-15(7-5-14)16(21)23-2/h4-7H,3,8-13H2,1-2H3/t18-/m0/s1. The van der Waals surface area contributed by atoms with Crippen molar-refractivity contribution in [2.75, 3.05) is 33.8 Å². The van der Waals surface area contributed by atoms with E-state index in [9.17, 15) is 9.59 Å². The Hall–Kier alpha value is -2.08. The van der Waals surface area contributed by atoms with Crippen molar-refractivity contribution in [3.63, 3.8) is 0 Å². The number of likely N-dealkylation sites (tertiary alicyclic amines) is 1. The van der Waals surface area contributed by atoms with Crippen molar-refractivity contribution in [1.29, 1.82) is 0 Å². The predicted octanol–water partition coefficient (Wildman–Crippen LogP) is 2.28. The van der Waals surface area contributed by atoms with Crippen molar-refractivity contribution in [3.05, 3.63) is 35.4 Å². The van der Waals surface area contributed by atoms with Gasteiger partial charge in [-0.25, -0.2) is 9.59 Å². The molecule has 130 valence electrons. The van der Waals surface area contributed by atoms with E-state index in [1.165, 1.54) is 12.7 Å². The molecule has 6 nitrogen and oxygen atoms in total. The zero-order chi connectivity index (χ0) is 17.2. The smallest absolute Gasteiger partial charge is 0.410 e. The number of carbonyl (C=O) groups excluding carboxylic acids is 2. The van der Waals surface area contributed by atoms with E-state index in [4.69, 9.17) is 9.47 Å². The van der Waals surface area contributed by atoms with E-state index in [-0.39, 0.29) is 17.7 Å². The summed E-state index contributed by atoms with van der Waals surface area (Å²) in [6.07, 6.45) is 2.59. The first-order valence-electron chi connectivity index (χ1n) is 8.35. The Morgan fingerprint density at radius 2 is 2.00 bits per heavy atom. The molecule has 2 heterocycles. The molecule has 24 heavy (non-hydrogen) atoms. The van der Waals surface area contributed by atoms with Crippen LogP contribution < -0.4 is 0 Å². The molecule has 1 aromatic rings. The second-order valence-corrected chi connectivity index (χ2v) is 6.73. The monoisotopic (exact) mass is 332 g/mol. The number of carbonyl (C=O) groups is 2. The second kappa shape index (κ2) is 6.81. The molecule has 1 aromatic carbocycles. The number of amides is 1. The Labute approximate surface area is 142 Å². The van der Waals surface area contributed by atoms with Gasteiger partial charge in [-0.2, -0.15) is 0 Å². The van der Waals surface area contributed by atoms with Crippen molar-refractivity contribution < 1.29 is 19.1 Å². The molecule has 1 atom stereocenters. The maximum absolute atomic E-state index is 11.7. The Balaban J connectivity index is 1.59. The van der Waals surface area contributed by atoms with Crippen molar-refractivity contribution in [3.8, 4) is 0 Å². The van der Waals surface area contributed by atoms with Crippen LogP contribution in [0.2, 0.25) is 0 Å². The van der Waals surface area contributed by atoms with E-state index in [0.717, 1.165) is 38.9 Å². The third kappa shape index (κ3) is 3.53. The summed E-state index contributed by atoms with van der Waals surface area (Å²) in [5, 5.41) is 0. The first-order valence-corrected chi connectivity index (χ1v) is 8.35. The first kappa shape index (κ1) is 16.8. The molecule has 3 rings (SSSR count). The van der Waals surface area contributed by atoms with Crippen LogP contribution in [0.4, 0.5) is 4.79 Å². The molecule has 0 radical (unpaired) electrons. The number of esters is 1. The SMILES string of the molecule is COC(=O)c1ccc(CN2CCC[C@]3(CC2)CN(C)C(=O)O3)cc1. The number of ether oxygens (including phenoxy) is 2. The molecule has 0 unspecified atom stereocenters. The highest BCUT2D eigenvalue weighted by atomic mass is 16.6. The van der Waals surface area contributed by atoms with Gasteiger partial charge in [0.2, 0.25) is 0 Å². The van der Waals surface area contributed by atoms with E-state index in [1.54, 1.807) is 24.1 Å². The minimum atomic E-state index is -0.314. The second-order valence-electron chi connectivity index (χ2n) is 6.73. The summed E-state index contributed by atoms with van der Waals surface area (Å²) in [6, 6.07) is 7.54. The lowest BCUT2D eigenvalue weighted by Crippen LogP contribution is -2.35. The maximum Gasteiger partial charge on any atom is 0.410 e. The lowest BCUT2D eigenvalue weighted by Gasteiger charge is -2.25. The zero-order valence-electron chi connectivity index (χ0n) is 14.3. The van der Waals surface area contributed by atoms with Gasteiger partial charge in [0, 0.05) is 26.6 Å². The van der Waals surface area contributed by atoms with Crippen molar-refractivity contribution in [2.45, 2.75) is 31.4 Å². The molecule has 0 aliphatic carbocycles. The van der Waals surface area contributed by atoms with Gasteiger partial charge in [-0.1, -0.05) is 12.1 Å². The van der Waals surface area contributed by atoms with Gasteiger partial charge in [0.05, 0.1) is 19.2 Å². The lowest BCUT2D eigenvalue weighted by molar-refractivity contribution is 0.0442. The van der Waals surface area contributed by atoms with Gasteiger partial charge in [0.15, 0.2) is 0 Å². The van der Waals surface area contributed by atoms with Crippen molar-refractivity contribution in [2.24, 2.45) is 0 Å². The van der Waals surface area contributed by atoms with Gasteiger partial charge < -0.3 is 14.4 Å². The topological polar surface area (TPSA) is 59.1 Å².